The van der Waals surface area contributed by atoms with Gasteiger partial charge in [-0.15, -0.1) is 0 Å². The largest absolute Gasteiger partial charge is 0.319 e. The molecule has 82 valence electrons. The highest BCUT2D eigenvalue weighted by atomic mass is 15.2. The molecular formula is C12H24N2. The lowest BCUT2D eigenvalue weighted by molar-refractivity contribution is 0.0360. The third-order valence-corrected chi connectivity index (χ3v) is 3.92. The molecular weight excluding hydrogens is 172 g/mol. The molecule has 0 amide bonds. The van der Waals surface area contributed by atoms with Crippen LogP contribution in [0.15, 0.2) is 0 Å². The SMILES string of the molecule is CNCC1CCC(N2CC(C)C2)CC1. The van der Waals surface area contributed by atoms with Crippen LogP contribution in [0.25, 0.3) is 0 Å². The van der Waals surface area contributed by atoms with Crippen molar-refractivity contribution in [3.8, 4) is 0 Å². The minimum absolute atomic E-state index is 0.930. The summed E-state index contributed by atoms with van der Waals surface area (Å²) >= 11 is 0. The van der Waals surface area contributed by atoms with Crippen LogP contribution in [0.3, 0.4) is 0 Å². The molecule has 0 aromatic heterocycles. The van der Waals surface area contributed by atoms with Gasteiger partial charge in [0.15, 0.2) is 0 Å². The lowest BCUT2D eigenvalue weighted by Gasteiger charge is -2.45. The minimum Gasteiger partial charge on any atom is -0.319 e. The van der Waals surface area contributed by atoms with Gasteiger partial charge >= 0.3 is 0 Å². The summed E-state index contributed by atoms with van der Waals surface area (Å²) in [6.07, 6.45) is 5.77. The summed E-state index contributed by atoms with van der Waals surface area (Å²) in [7, 11) is 2.07. The van der Waals surface area contributed by atoms with Gasteiger partial charge in [-0.25, -0.2) is 0 Å². The van der Waals surface area contributed by atoms with Crippen LogP contribution in [-0.4, -0.2) is 37.6 Å². The van der Waals surface area contributed by atoms with Crippen LogP contribution in [0.1, 0.15) is 32.6 Å². The summed E-state index contributed by atoms with van der Waals surface area (Å²) < 4.78 is 0. The Morgan fingerprint density at radius 2 is 1.79 bits per heavy atom. The van der Waals surface area contributed by atoms with Gasteiger partial charge in [0.25, 0.3) is 0 Å². The fraction of sp³-hybridized carbons (Fsp3) is 1.00. The Bertz CT molecular complexity index is 167. The van der Waals surface area contributed by atoms with Crippen molar-refractivity contribution < 1.29 is 0 Å². The average Bonchev–Trinajstić information content (AvgIpc) is 2.15. The van der Waals surface area contributed by atoms with Gasteiger partial charge in [0.1, 0.15) is 0 Å². The van der Waals surface area contributed by atoms with Gasteiger partial charge in [-0.3, -0.25) is 4.90 Å². The zero-order chi connectivity index (χ0) is 9.97. The molecule has 0 unspecified atom stereocenters. The third-order valence-electron chi connectivity index (χ3n) is 3.92. The molecule has 0 spiro atoms. The number of nitrogens with one attached hydrogen (secondary N) is 1. The summed E-state index contributed by atoms with van der Waals surface area (Å²) in [5, 5.41) is 3.30. The van der Waals surface area contributed by atoms with Crippen molar-refractivity contribution in [2.24, 2.45) is 11.8 Å². The highest BCUT2D eigenvalue weighted by molar-refractivity contribution is 4.86. The van der Waals surface area contributed by atoms with Crippen molar-refractivity contribution in [1.29, 1.82) is 0 Å². The molecule has 0 aromatic carbocycles. The predicted molar refractivity (Wildman–Crippen MR) is 60.4 cm³/mol. The number of hydrogen-bond donors (Lipinski definition) is 1. The fourth-order valence-electron chi connectivity index (χ4n) is 3.05. The summed E-state index contributed by atoms with van der Waals surface area (Å²) in [5.74, 6) is 1.92. The van der Waals surface area contributed by atoms with Crippen LogP contribution < -0.4 is 5.32 Å². The average molecular weight is 196 g/mol. The molecule has 1 aliphatic heterocycles. The Labute approximate surface area is 88.1 Å². The molecule has 0 bridgehead atoms. The van der Waals surface area contributed by atoms with Crippen molar-refractivity contribution in [3.63, 3.8) is 0 Å². The first-order valence-corrected chi connectivity index (χ1v) is 6.18. The van der Waals surface area contributed by atoms with Gasteiger partial charge in [0.2, 0.25) is 0 Å². The molecule has 0 radical (unpaired) electrons. The number of hydrogen-bond acceptors (Lipinski definition) is 2. The molecule has 1 saturated carbocycles. The zero-order valence-electron chi connectivity index (χ0n) is 9.63. The smallest absolute Gasteiger partial charge is 0.00957 e. The molecule has 1 heterocycles. The van der Waals surface area contributed by atoms with E-state index in [0.717, 1.165) is 17.9 Å². The lowest BCUT2D eigenvalue weighted by atomic mass is 9.83. The Balaban J connectivity index is 1.68. The Morgan fingerprint density at radius 3 is 2.29 bits per heavy atom. The molecule has 2 nitrogen and oxygen atoms in total. The quantitative estimate of drug-likeness (QED) is 0.739. The molecule has 1 N–H and O–H groups in total. The van der Waals surface area contributed by atoms with Crippen LogP contribution in [-0.2, 0) is 0 Å². The second-order valence-electron chi connectivity index (χ2n) is 5.29. The molecule has 0 aromatic rings. The van der Waals surface area contributed by atoms with Crippen LogP contribution in [0, 0.1) is 11.8 Å². The third kappa shape index (κ3) is 2.29. The molecule has 2 aliphatic rings. The normalized spacial score (nSPS) is 35.6. The van der Waals surface area contributed by atoms with Crippen molar-refractivity contribution in [2.75, 3.05) is 26.7 Å². The van der Waals surface area contributed by atoms with E-state index in [1.54, 1.807) is 0 Å². The van der Waals surface area contributed by atoms with E-state index in [-0.39, 0.29) is 0 Å². The standard InChI is InChI=1S/C12H24N2/c1-10-8-14(9-10)12-5-3-11(4-6-12)7-13-2/h10-13H,3-9H2,1-2H3. The van der Waals surface area contributed by atoms with E-state index in [2.05, 4.69) is 24.2 Å². The van der Waals surface area contributed by atoms with Crippen LogP contribution >= 0.6 is 0 Å². The number of nitrogens with zero attached hydrogens (tertiary/aromatic N) is 1. The van der Waals surface area contributed by atoms with Gasteiger partial charge in [0.05, 0.1) is 0 Å². The minimum atomic E-state index is 0.930. The second kappa shape index (κ2) is 4.63. The van der Waals surface area contributed by atoms with Gasteiger partial charge in [0, 0.05) is 19.1 Å². The number of rotatable bonds is 3. The summed E-state index contributed by atoms with van der Waals surface area (Å²) in [6.45, 7) is 6.31. The van der Waals surface area contributed by atoms with Crippen molar-refractivity contribution in [1.82, 2.24) is 10.2 Å². The highest BCUT2D eigenvalue weighted by Gasteiger charge is 2.31. The first-order chi connectivity index (χ1) is 6.79. The van der Waals surface area contributed by atoms with E-state index < -0.39 is 0 Å². The Morgan fingerprint density at radius 1 is 1.14 bits per heavy atom. The van der Waals surface area contributed by atoms with Crippen LogP contribution in [0.4, 0.5) is 0 Å². The topological polar surface area (TPSA) is 15.3 Å². The van der Waals surface area contributed by atoms with Gasteiger partial charge in [-0.2, -0.15) is 0 Å². The highest BCUT2D eigenvalue weighted by Crippen LogP contribution is 2.30. The first kappa shape index (κ1) is 10.4. The van der Waals surface area contributed by atoms with Crippen LogP contribution in [0.2, 0.25) is 0 Å². The van der Waals surface area contributed by atoms with E-state index in [1.165, 1.54) is 45.3 Å². The predicted octanol–water partition coefficient (Wildman–Crippen LogP) is 1.72. The maximum Gasteiger partial charge on any atom is 0.00957 e. The maximum atomic E-state index is 3.30. The lowest BCUT2D eigenvalue weighted by Crippen LogP contribution is -2.52. The Kier molecular flexibility index (Phi) is 3.45. The first-order valence-electron chi connectivity index (χ1n) is 6.18. The van der Waals surface area contributed by atoms with E-state index in [9.17, 15) is 0 Å². The maximum absolute atomic E-state index is 3.30. The molecule has 0 atom stereocenters. The van der Waals surface area contributed by atoms with Gasteiger partial charge < -0.3 is 5.32 Å². The summed E-state index contributed by atoms with van der Waals surface area (Å²) in [5.41, 5.74) is 0. The molecule has 2 heteroatoms. The van der Waals surface area contributed by atoms with E-state index in [4.69, 9.17) is 0 Å². The van der Waals surface area contributed by atoms with Gasteiger partial charge in [-0.1, -0.05) is 6.92 Å². The Hall–Kier alpha value is -0.0800. The van der Waals surface area contributed by atoms with E-state index in [0.29, 0.717) is 0 Å². The van der Waals surface area contributed by atoms with E-state index >= 15 is 0 Å². The summed E-state index contributed by atoms with van der Waals surface area (Å²) in [6, 6.07) is 0.930. The molecule has 1 saturated heterocycles. The molecule has 1 aliphatic carbocycles. The van der Waals surface area contributed by atoms with E-state index in [1.807, 2.05) is 0 Å². The summed E-state index contributed by atoms with van der Waals surface area (Å²) in [4.78, 5) is 2.69. The molecule has 14 heavy (non-hydrogen) atoms. The fourth-order valence-corrected chi connectivity index (χ4v) is 3.05. The van der Waals surface area contributed by atoms with Crippen molar-refractivity contribution in [3.05, 3.63) is 0 Å². The number of likely N-dealkylation sites (tertiary alicyclic amines) is 1. The molecule has 2 rings (SSSR count). The monoisotopic (exact) mass is 196 g/mol. The molecule has 2 fully saturated rings. The van der Waals surface area contributed by atoms with Gasteiger partial charge in [-0.05, 0) is 51.1 Å². The second-order valence-corrected chi connectivity index (χ2v) is 5.29. The van der Waals surface area contributed by atoms with Crippen molar-refractivity contribution in [2.45, 2.75) is 38.6 Å². The van der Waals surface area contributed by atoms with Crippen molar-refractivity contribution >= 4 is 0 Å². The zero-order valence-corrected chi connectivity index (χ0v) is 9.63. The van der Waals surface area contributed by atoms with Crippen LogP contribution in [0.5, 0.6) is 0 Å².